The molecule has 6 nitrogen and oxygen atoms in total. The second kappa shape index (κ2) is 64.1. The van der Waals surface area contributed by atoms with Crippen LogP contribution in [-0.4, -0.2) is 47.4 Å². The van der Waals surface area contributed by atoms with E-state index in [-0.39, 0.29) is 18.5 Å². The molecule has 0 radical (unpaired) electrons. The fourth-order valence-corrected chi connectivity index (χ4v) is 10.9. The van der Waals surface area contributed by atoms with E-state index in [9.17, 15) is 19.8 Å². The van der Waals surface area contributed by atoms with Gasteiger partial charge in [0, 0.05) is 12.8 Å². The van der Waals surface area contributed by atoms with E-state index >= 15 is 0 Å². The Balaban J connectivity index is 3.39. The quantitative estimate of drug-likeness (QED) is 0.0320. The molecule has 2 unspecified atom stereocenters. The largest absolute Gasteiger partial charge is 0.466 e. The third kappa shape index (κ3) is 59.8. The number of hydrogen-bond donors (Lipinski definition) is 3. The average Bonchev–Trinajstić information content (AvgIpc) is 3.40. The van der Waals surface area contributed by atoms with E-state index in [4.69, 9.17) is 4.74 Å². The third-order valence-corrected chi connectivity index (χ3v) is 16.1. The van der Waals surface area contributed by atoms with Crippen LogP contribution in [0.15, 0.2) is 12.2 Å². The zero-order valence-corrected chi connectivity index (χ0v) is 50.4. The normalized spacial score (nSPS) is 12.5. The number of hydrogen-bond acceptors (Lipinski definition) is 5. The number of aliphatic hydroxyl groups excluding tert-OH is 2. The number of ether oxygens (including phenoxy) is 1. The first kappa shape index (κ1) is 72.6. The lowest BCUT2D eigenvalue weighted by atomic mass is 10.0. The van der Waals surface area contributed by atoms with Crippen molar-refractivity contribution in [2.24, 2.45) is 0 Å². The molecule has 0 rings (SSSR count). The zero-order valence-electron chi connectivity index (χ0n) is 50.4. The summed E-state index contributed by atoms with van der Waals surface area (Å²) in [4.78, 5) is 24.5. The van der Waals surface area contributed by atoms with Crippen LogP contribution < -0.4 is 5.32 Å². The second-order valence-corrected chi connectivity index (χ2v) is 23.5. The van der Waals surface area contributed by atoms with Gasteiger partial charge in [0.2, 0.25) is 5.91 Å². The van der Waals surface area contributed by atoms with Gasteiger partial charge in [-0.3, -0.25) is 9.59 Å². The minimum Gasteiger partial charge on any atom is -0.466 e. The number of carbonyl (C=O) groups is 2. The smallest absolute Gasteiger partial charge is 0.305 e. The Morgan fingerprint density at radius 3 is 0.959 bits per heavy atom. The van der Waals surface area contributed by atoms with Gasteiger partial charge in [0.05, 0.1) is 25.4 Å². The molecule has 2 atom stereocenters. The predicted molar refractivity (Wildman–Crippen MR) is 324 cm³/mol. The number of esters is 1. The lowest BCUT2D eigenvalue weighted by molar-refractivity contribution is -0.143. The van der Waals surface area contributed by atoms with E-state index < -0.39 is 12.1 Å². The van der Waals surface area contributed by atoms with Gasteiger partial charge in [-0.25, -0.2) is 0 Å². The summed E-state index contributed by atoms with van der Waals surface area (Å²) in [5.74, 6) is -0.0175. The van der Waals surface area contributed by atoms with Gasteiger partial charge in [-0.2, -0.15) is 0 Å². The fraction of sp³-hybridized carbons (Fsp3) is 0.941. The molecule has 0 saturated heterocycles. The molecule has 0 saturated carbocycles. The van der Waals surface area contributed by atoms with Gasteiger partial charge in [-0.05, 0) is 51.4 Å². The maximum atomic E-state index is 12.5. The summed E-state index contributed by atoms with van der Waals surface area (Å²) in [7, 11) is 0. The van der Waals surface area contributed by atoms with E-state index in [0.717, 1.165) is 38.5 Å². The molecular weight excluding hydrogens is 911 g/mol. The maximum absolute atomic E-state index is 12.5. The van der Waals surface area contributed by atoms with Crippen LogP contribution in [0.5, 0.6) is 0 Å². The number of amides is 1. The van der Waals surface area contributed by atoms with Crippen molar-refractivity contribution in [2.45, 2.75) is 398 Å². The molecule has 440 valence electrons. The molecule has 3 N–H and O–H groups in total. The molecule has 74 heavy (non-hydrogen) atoms. The summed E-state index contributed by atoms with van der Waals surface area (Å²) in [5, 5.41) is 23.4. The van der Waals surface area contributed by atoms with Crippen molar-refractivity contribution in [1.29, 1.82) is 0 Å². The van der Waals surface area contributed by atoms with Gasteiger partial charge in [0.15, 0.2) is 0 Å². The van der Waals surface area contributed by atoms with Crippen LogP contribution in [0.2, 0.25) is 0 Å². The molecule has 1 amide bonds. The molecule has 0 aliphatic rings. The number of carbonyl (C=O) groups excluding carboxylic acids is 2. The molecule has 0 aromatic carbocycles. The van der Waals surface area contributed by atoms with Crippen LogP contribution in [0, 0.1) is 0 Å². The van der Waals surface area contributed by atoms with Crippen LogP contribution in [0.1, 0.15) is 386 Å². The van der Waals surface area contributed by atoms with Crippen molar-refractivity contribution in [3.8, 4) is 0 Å². The van der Waals surface area contributed by atoms with Crippen LogP contribution in [-0.2, 0) is 14.3 Å². The van der Waals surface area contributed by atoms with Crippen molar-refractivity contribution in [2.75, 3.05) is 13.2 Å². The second-order valence-electron chi connectivity index (χ2n) is 23.5. The van der Waals surface area contributed by atoms with Gasteiger partial charge < -0.3 is 20.3 Å². The van der Waals surface area contributed by atoms with E-state index in [2.05, 4.69) is 31.3 Å². The van der Waals surface area contributed by atoms with Crippen LogP contribution >= 0.6 is 0 Å². The van der Waals surface area contributed by atoms with Crippen molar-refractivity contribution >= 4 is 11.9 Å². The molecule has 0 bridgehead atoms. The highest BCUT2D eigenvalue weighted by Crippen LogP contribution is 2.19. The molecule has 0 aromatic rings. The van der Waals surface area contributed by atoms with Crippen LogP contribution in [0.25, 0.3) is 0 Å². The highest BCUT2D eigenvalue weighted by molar-refractivity contribution is 5.76. The Labute approximate surface area is 463 Å². The van der Waals surface area contributed by atoms with Crippen molar-refractivity contribution < 1.29 is 24.5 Å². The van der Waals surface area contributed by atoms with E-state index in [0.29, 0.717) is 25.9 Å². The van der Waals surface area contributed by atoms with E-state index in [1.165, 1.54) is 315 Å². The SMILES string of the molecule is CCCCCCCCCCCCCCCCCCCCCCC(O)C(CO)NC(=O)CCCCCCCCCCCC/C=C\CCCCCCCCCCCCCCOC(=O)CCCCCCCCCCCCC. The van der Waals surface area contributed by atoms with Crippen molar-refractivity contribution in [1.82, 2.24) is 5.32 Å². The minimum atomic E-state index is -0.665. The van der Waals surface area contributed by atoms with Gasteiger partial charge in [0.25, 0.3) is 0 Å². The summed E-state index contributed by atoms with van der Waals surface area (Å²) in [6.07, 6.45) is 78.2. The molecule has 6 heteroatoms. The maximum Gasteiger partial charge on any atom is 0.305 e. The lowest BCUT2D eigenvalue weighted by Crippen LogP contribution is -2.45. The Kier molecular flexibility index (Phi) is 62.9. The number of allylic oxidation sites excluding steroid dienone is 2. The van der Waals surface area contributed by atoms with Gasteiger partial charge in [-0.1, -0.05) is 334 Å². The van der Waals surface area contributed by atoms with E-state index in [1.807, 2.05) is 0 Å². The summed E-state index contributed by atoms with van der Waals surface area (Å²) >= 11 is 0. The number of unbranched alkanes of at least 4 members (excludes halogenated alkanes) is 51. The Bertz CT molecular complexity index is 1110. The highest BCUT2D eigenvalue weighted by Gasteiger charge is 2.20. The van der Waals surface area contributed by atoms with E-state index in [1.54, 1.807) is 0 Å². The van der Waals surface area contributed by atoms with Crippen molar-refractivity contribution in [3.63, 3.8) is 0 Å². The Hall–Kier alpha value is -1.40. The van der Waals surface area contributed by atoms with Crippen LogP contribution in [0.4, 0.5) is 0 Å². The van der Waals surface area contributed by atoms with Gasteiger partial charge >= 0.3 is 5.97 Å². The summed E-state index contributed by atoms with van der Waals surface area (Å²) in [6.45, 7) is 4.99. The Morgan fingerprint density at radius 2 is 0.635 bits per heavy atom. The van der Waals surface area contributed by atoms with Gasteiger partial charge in [0.1, 0.15) is 0 Å². The lowest BCUT2D eigenvalue weighted by Gasteiger charge is -2.22. The number of aliphatic hydroxyl groups is 2. The molecule has 0 aromatic heterocycles. The average molecular weight is 1040 g/mol. The summed E-state index contributed by atoms with van der Waals surface area (Å²) in [6, 6.07) is -0.543. The standard InChI is InChI=1S/C68H133NO5/c1-3-5-7-9-11-13-15-16-17-18-19-28-31-34-37-41-44-48-52-56-60-66(71)65(64-70)69-67(72)61-57-53-49-45-42-38-35-32-29-26-24-22-20-21-23-25-27-30-33-36-39-43-47-51-55-59-63-74-68(73)62-58-54-50-46-40-14-12-10-8-6-4-2/h20,22,65-66,70-71H,3-19,21,23-64H2,1-2H3,(H,69,72)/b22-20-. The third-order valence-electron chi connectivity index (χ3n) is 16.1. The highest BCUT2D eigenvalue weighted by atomic mass is 16.5. The predicted octanol–water partition coefficient (Wildman–Crippen LogP) is 21.6. The summed E-state index contributed by atoms with van der Waals surface area (Å²) < 4.78 is 5.47. The molecule has 0 aliphatic heterocycles. The van der Waals surface area contributed by atoms with Crippen molar-refractivity contribution in [3.05, 3.63) is 12.2 Å². The fourth-order valence-electron chi connectivity index (χ4n) is 10.9. The molecular formula is C68H133NO5. The van der Waals surface area contributed by atoms with Gasteiger partial charge in [-0.15, -0.1) is 0 Å². The van der Waals surface area contributed by atoms with Crippen LogP contribution in [0.3, 0.4) is 0 Å². The topological polar surface area (TPSA) is 95.9 Å². The molecule has 0 heterocycles. The number of nitrogens with one attached hydrogen (secondary N) is 1. The Morgan fingerprint density at radius 1 is 0.365 bits per heavy atom. The molecule has 0 spiro atoms. The number of rotatable bonds is 64. The zero-order chi connectivity index (χ0) is 53.6. The summed E-state index contributed by atoms with van der Waals surface area (Å²) in [5.41, 5.74) is 0. The minimum absolute atomic E-state index is 0.0149. The monoisotopic (exact) mass is 1040 g/mol. The molecule has 0 fully saturated rings. The first-order valence-corrected chi connectivity index (χ1v) is 33.9. The molecule has 0 aliphatic carbocycles. The first-order chi connectivity index (χ1) is 36.5. The first-order valence-electron chi connectivity index (χ1n) is 33.9.